The Bertz CT molecular complexity index is 1090. The summed E-state index contributed by atoms with van der Waals surface area (Å²) in [5.41, 5.74) is 3.35. The number of carbonyl (C=O) groups is 1. The molecule has 2 aromatic carbocycles. The molecule has 0 unspecified atom stereocenters. The normalized spacial score (nSPS) is 15.0. The Balaban J connectivity index is 1.79. The predicted molar refractivity (Wildman–Crippen MR) is 104 cm³/mol. The molecular weight excluding hydrogens is 393 g/mol. The molecule has 27 heavy (non-hydrogen) atoms. The van der Waals surface area contributed by atoms with Crippen LogP contribution in [0.4, 0.5) is 15.8 Å². The molecule has 0 saturated heterocycles. The Labute approximate surface area is 159 Å². The molecule has 0 spiro atoms. The Morgan fingerprint density at radius 3 is 2.67 bits per heavy atom. The van der Waals surface area contributed by atoms with Crippen LogP contribution in [0.15, 0.2) is 52.5 Å². The van der Waals surface area contributed by atoms with Gasteiger partial charge in [0.05, 0.1) is 10.6 Å². The van der Waals surface area contributed by atoms with Gasteiger partial charge in [-0.05, 0) is 36.5 Å². The number of nitrogens with zero attached hydrogens (tertiary/aromatic N) is 2. The van der Waals surface area contributed by atoms with Crippen molar-refractivity contribution in [3.05, 3.63) is 53.8 Å². The molecule has 1 aliphatic heterocycles. The molecule has 0 fully saturated rings. The molecular formula is C16H14FN5O3S2. The van der Waals surface area contributed by atoms with Gasteiger partial charge in [0.2, 0.25) is 10.0 Å². The van der Waals surface area contributed by atoms with Crippen molar-refractivity contribution in [3.8, 4) is 0 Å². The van der Waals surface area contributed by atoms with Gasteiger partial charge in [-0.25, -0.2) is 17.9 Å². The second-order valence-electron chi connectivity index (χ2n) is 5.60. The largest absolute Gasteiger partial charge is 0.331 e. The third-order valence-electron chi connectivity index (χ3n) is 3.77. The van der Waals surface area contributed by atoms with Crippen molar-refractivity contribution in [3.63, 3.8) is 0 Å². The third kappa shape index (κ3) is 3.79. The minimum Gasteiger partial charge on any atom is -0.331 e. The van der Waals surface area contributed by atoms with E-state index in [1.165, 1.54) is 37.4 Å². The molecule has 0 aliphatic carbocycles. The number of anilines is 2. The van der Waals surface area contributed by atoms with E-state index >= 15 is 0 Å². The number of hydrogen-bond donors (Lipinski definition) is 3. The molecule has 1 aliphatic rings. The van der Waals surface area contributed by atoms with Crippen molar-refractivity contribution in [1.82, 2.24) is 5.43 Å². The van der Waals surface area contributed by atoms with E-state index < -0.39 is 21.7 Å². The Morgan fingerprint density at radius 2 is 1.96 bits per heavy atom. The van der Waals surface area contributed by atoms with Crippen LogP contribution in [-0.2, 0) is 14.8 Å². The average Bonchev–Trinajstić information content (AvgIpc) is 2.84. The lowest BCUT2D eigenvalue weighted by atomic mass is 10.1. The first-order chi connectivity index (χ1) is 12.7. The van der Waals surface area contributed by atoms with E-state index in [9.17, 15) is 17.6 Å². The molecule has 0 radical (unpaired) electrons. The summed E-state index contributed by atoms with van der Waals surface area (Å²) in [7, 11) is -2.41. The van der Waals surface area contributed by atoms with E-state index in [0.717, 1.165) is 4.90 Å². The maximum Gasteiger partial charge on any atom is 0.279 e. The summed E-state index contributed by atoms with van der Waals surface area (Å²) < 4.78 is 36.7. The van der Waals surface area contributed by atoms with Crippen LogP contribution in [-0.4, -0.2) is 32.2 Å². The van der Waals surface area contributed by atoms with Crippen molar-refractivity contribution >= 4 is 50.3 Å². The third-order valence-corrected chi connectivity index (χ3v) is 4.88. The summed E-state index contributed by atoms with van der Waals surface area (Å²) in [5.74, 6) is -1.02. The molecule has 0 bridgehead atoms. The Morgan fingerprint density at radius 1 is 1.26 bits per heavy atom. The number of thiocarbonyl (C=S) groups is 1. The van der Waals surface area contributed by atoms with Gasteiger partial charge in [-0.1, -0.05) is 18.2 Å². The number of benzene rings is 2. The number of likely N-dealkylation sites (N-methyl/N-ethyl adjacent to an activating group) is 1. The van der Waals surface area contributed by atoms with Gasteiger partial charge in [-0.15, -0.1) is 0 Å². The van der Waals surface area contributed by atoms with Crippen LogP contribution in [0.2, 0.25) is 0 Å². The van der Waals surface area contributed by atoms with Crippen molar-refractivity contribution in [2.24, 2.45) is 10.2 Å². The molecule has 1 heterocycles. The van der Waals surface area contributed by atoms with E-state index in [2.05, 4.69) is 15.8 Å². The maximum absolute atomic E-state index is 13.9. The van der Waals surface area contributed by atoms with Crippen molar-refractivity contribution < 1.29 is 17.6 Å². The lowest BCUT2D eigenvalue weighted by Crippen LogP contribution is -2.30. The van der Waals surface area contributed by atoms with Gasteiger partial charge in [0.15, 0.2) is 10.8 Å². The summed E-state index contributed by atoms with van der Waals surface area (Å²) >= 11 is 5.09. The number of fused-ring (bicyclic) bond motifs is 1. The van der Waals surface area contributed by atoms with Gasteiger partial charge in [0.25, 0.3) is 5.91 Å². The van der Waals surface area contributed by atoms with Crippen LogP contribution in [0.3, 0.4) is 0 Å². The topological polar surface area (TPSA) is 117 Å². The van der Waals surface area contributed by atoms with Gasteiger partial charge < -0.3 is 10.2 Å². The zero-order valence-corrected chi connectivity index (χ0v) is 15.6. The van der Waals surface area contributed by atoms with Crippen molar-refractivity contribution in [2.45, 2.75) is 4.90 Å². The predicted octanol–water partition coefficient (Wildman–Crippen LogP) is 1.14. The van der Waals surface area contributed by atoms with E-state index in [4.69, 9.17) is 17.4 Å². The van der Waals surface area contributed by atoms with Gasteiger partial charge in [0, 0.05) is 18.3 Å². The first kappa shape index (κ1) is 18.9. The number of para-hydroxylation sites is 1. The Hall–Kier alpha value is -2.89. The number of primary sulfonamides is 1. The van der Waals surface area contributed by atoms with Crippen LogP contribution < -0.4 is 20.8 Å². The Kier molecular flexibility index (Phi) is 4.91. The van der Waals surface area contributed by atoms with Crippen LogP contribution in [0.5, 0.6) is 0 Å². The SMILES string of the molecule is CN1C(=O)C(=NNC(=S)Nc2cccc(S(N)(=O)=O)c2)c2cccc(F)c21. The highest BCUT2D eigenvalue weighted by Crippen LogP contribution is 2.30. The van der Waals surface area contributed by atoms with Crippen LogP contribution in [0, 0.1) is 5.82 Å². The van der Waals surface area contributed by atoms with Crippen molar-refractivity contribution in [2.75, 3.05) is 17.3 Å². The quantitative estimate of drug-likeness (QED) is 0.519. The number of carbonyl (C=O) groups excluding carboxylic acids is 1. The summed E-state index contributed by atoms with van der Waals surface area (Å²) in [6, 6.07) is 10.0. The van der Waals surface area contributed by atoms with Gasteiger partial charge in [-0.3, -0.25) is 10.2 Å². The molecule has 8 nitrogen and oxygen atoms in total. The summed E-state index contributed by atoms with van der Waals surface area (Å²) in [4.78, 5) is 13.4. The van der Waals surface area contributed by atoms with Crippen molar-refractivity contribution in [1.29, 1.82) is 0 Å². The first-order valence-corrected chi connectivity index (χ1v) is 9.48. The standard InChI is InChI=1S/C16H14FN5O3S2/c1-22-14-11(6-3-7-12(14)17)13(15(22)23)20-21-16(26)19-9-4-2-5-10(8-9)27(18,24)25/h2-8H,1H3,(H2,18,24,25)(H2,19,21,26). The lowest BCUT2D eigenvalue weighted by molar-refractivity contribution is -0.112. The molecule has 4 N–H and O–H groups in total. The van der Waals surface area contributed by atoms with Crippen LogP contribution in [0.25, 0.3) is 0 Å². The van der Waals surface area contributed by atoms with E-state index in [0.29, 0.717) is 11.3 Å². The number of rotatable bonds is 3. The minimum atomic E-state index is -3.85. The fraction of sp³-hybridized carbons (Fsp3) is 0.0625. The lowest BCUT2D eigenvalue weighted by Gasteiger charge is -2.09. The zero-order chi connectivity index (χ0) is 19.8. The molecule has 1 amide bonds. The molecule has 2 aromatic rings. The van der Waals surface area contributed by atoms with Crippen LogP contribution >= 0.6 is 12.2 Å². The van der Waals surface area contributed by atoms with Gasteiger partial charge in [0.1, 0.15) is 5.82 Å². The number of nitrogens with one attached hydrogen (secondary N) is 2. The molecule has 11 heteroatoms. The van der Waals surface area contributed by atoms with Gasteiger partial charge >= 0.3 is 0 Å². The zero-order valence-electron chi connectivity index (χ0n) is 13.9. The van der Waals surface area contributed by atoms with E-state index in [1.807, 2.05) is 0 Å². The molecule has 0 aromatic heterocycles. The molecule has 0 atom stereocenters. The summed E-state index contributed by atoms with van der Waals surface area (Å²) in [5, 5.41) is 11.8. The highest BCUT2D eigenvalue weighted by atomic mass is 32.2. The second-order valence-corrected chi connectivity index (χ2v) is 7.57. The number of sulfonamides is 1. The van der Waals surface area contributed by atoms with E-state index in [-0.39, 0.29) is 21.4 Å². The maximum atomic E-state index is 13.9. The monoisotopic (exact) mass is 407 g/mol. The summed E-state index contributed by atoms with van der Waals surface area (Å²) in [6.07, 6.45) is 0. The van der Waals surface area contributed by atoms with Crippen LogP contribution in [0.1, 0.15) is 5.56 Å². The fourth-order valence-electron chi connectivity index (χ4n) is 2.55. The average molecular weight is 407 g/mol. The second kappa shape index (κ2) is 7.02. The summed E-state index contributed by atoms with van der Waals surface area (Å²) in [6.45, 7) is 0. The number of hydrazone groups is 1. The van der Waals surface area contributed by atoms with Gasteiger partial charge in [-0.2, -0.15) is 5.10 Å². The highest BCUT2D eigenvalue weighted by molar-refractivity contribution is 7.89. The molecule has 0 saturated carbocycles. The number of hydrogen-bond acceptors (Lipinski definition) is 5. The fourth-order valence-corrected chi connectivity index (χ4v) is 3.27. The number of halogens is 1. The molecule has 140 valence electrons. The smallest absolute Gasteiger partial charge is 0.279 e. The molecule has 3 rings (SSSR count). The number of amides is 1. The minimum absolute atomic E-state index is 0.00868. The number of nitrogens with two attached hydrogens (primary N) is 1. The highest BCUT2D eigenvalue weighted by Gasteiger charge is 2.34. The van der Waals surface area contributed by atoms with E-state index in [1.54, 1.807) is 12.1 Å². The first-order valence-electron chi connectivity index (χ1n) is 7.53.